The van der Waals surface area contributed by atoms with E-state index in [-0.39, 0.29) is 5.75 Å². The maximum absolute atomic E-state index is 9.44. The van der Waals surface area contributed by atoms with E-state index in [0.29, 0.717) is 12.4 Å². The second-order valence-electron chi connectivity index (χ2n) is 5.44. The summed E-state index contributed by atoms with van der Waals surface area (Å²) in [6.07, 6.45) is 7.40. The zero-order chi connectivity index (χ0) is 15.4. The number of ether oxygens (including phenoxy) is 1. The van der Waals surface area contributed by atoms with Gasteiger partial charge in [0.05, 0.1) is 12.4 Å². The summed E-state index contributed by atoms with van der Waals surface area (Å²) in [6.45, 7) is 0.506. The summed E-state index contributed by atoms with van der Waals surface area (Å²) >= 11 is 6.34. The van der Waals surface area contributed by atoms with Crippen molar-refractivity contribution in [3.63, 3.8) is 0 Å². The Balaban J connectivity index is 1.84. The van der Waals surface area contributed by atoms with Crippen LogP contribution in [-0.4, -0.2) is 16.7 Å². The number of aromatic nitrogens is 1. The first kappa shape index (κ1) is 14.9. The Morgan fingerprint density at radius 1 is 1.14 bits per heavy atom. The SMILES string of the molecule is Oc1cncc(OCC2=C(c3ccccc3Cl)CCCC2)c1. The van der Waals surface area contributed by atoms with Gasteiger partial charge < -0.3 is 9.84 Å². The van der Waals surface area contributed by atoms with Crippen LogP contribution in [0.3, 0.4) is 0 Å². The highest BCUT2D eigenvalue weighted by Crippen LogP contribution is 2.35. The van der Waals surface area contributed by atoms with Crippen LogP contribution in [0.2, 0.25) is 5.02 Å². The number of halogens is 1. The average molecular weight is 316 g/mol. The highest BCUT2D eigenvalue weighted by Gasteiger charge is 2.17. The summed E-state index contributed by atoms with van der Waals surface area (Å²) in [5.74, 6) is 0.693. The molecule has 0 bridgehead atoms. The monoisotopic (exact) mass is 315 g/mol. The van der Waals surface area contributed by atoms with Crippen molar-refractivity contribution in [1.82, 2.24) is 4.98 Å². The van der Waals surface area contributed by atoms with Crippen molar-refractivity contribution >= 4 is 17.2 Å². The van der Waals surface area contributed by atoms with Crippen LogP contribution >= 0.6 is 11.6 Å². The Morgan fingerprint density at radius 3 is 2.77 bits per heavy atom. The minimum Gasteiger partial charge on any atom is -0.506 e. The third kappa shape index (κ3) is 3.42. The summed E-state index contributed by atoms with van der Waals surface area (Å²) in [6, 6.07) is 9.53. The van der Waals surface area contributed by atoms with E-state index in [1.54, 1.807) is 12.3 Å². The van der Waals surface area contributed by atoms with E-state index >= 15 is 0 Å². The van der Waals surface area contributed by atoms with Crippen LogP contribution in [0.4, 0.5) is 0 Å². The summed E-state index contributed by atoms with van der Waals surface area (Å²) in [7, 11) is 0. The summed E-state index contributed by atoms with van der Waals surface area (Å²) < 4.78 is 5.79. The first-order valence-electron chi connectivity index (χ1n) is 7.46. The number of aromatic hydroxyl groups is 1. The zero-order valence-electron chi connectivity index (χ0n) is 12.3. The molecular formula is C18H18ClNO2. The number of rotatable bonds is 4. The molecule has 2 aromatic rings. The Hall–Kier alpha value is -2.00. The van der Waals surface area contributed by atoms with Crippen molar-refractivity contribution in [3.8, 4) is 11.5 Å². The molecule has 0 fully saturated rings. The lowest BCUT2D eigenvalue weighted by Gasteiger charge is -2.22. The van der Waals surface area contributed by atoms with Crippen molar-refractivity contribution in [2.75, 3.05) is 6.61 Å². The average Bonchev–Trinajstić information content (AvgIpc) is 2.54. The maximum atomic E-state index is 9.44. The van der Waals surface area contributed by atoms with Gasteiger partial charge in [-0.2, -0.15) is 0 Å². The number of pyridine rings is 1. The summed E-state index contributed by atoms with van der Waals surface area (Å²) in [5.41, 5.74) is 3.68. The fraction of sp³-hybridized carbons (Fsp3) is 0.278. The number of hydrogen-bond donors (Lipinski definition) is 1. The fourth-order valence-corrected chi connectivity index (χ4v) is 3.06. The van der Waals surface area contributed by atoms with Gasteiger partial charge in [-0.05, 0) is 48.5 Å². The third-order valence-corrected chi connectivity index (χ3v) is 4.22. The van der Waals surface area contributed by atoms with E-state index in [1.165, 1.54) is 30.2 Å². The van der Waals surface area contributed by atoms with Crippen LogP contribution < -0.4 is 4.74 Å². The minimum absolute atomic E-state index is 0.112. The van der Waals surface area contributed by atoms with E-state index < -0.39 is 0 Å². The van der Waals surface area contributed by atoms with E-state index in [9.17, 15) is 5.11 Å². The molecule has 0 aliphatic heterocycles. The first-order chi connectivity index (χ1) is 10.7. The van der Waals surface area contributed by atoms with Crippen LogP contribution in [0.5, 0.6) is 11.5 Å². The number of benzene rings is 1. The molecule has 0 saturated heterocycles. The number of nitrogens with zero attached hydrogens (tertiary/aromatic N) is 1. The van der Waals surface area contributed by atoms with Gasteiger partial charge in [-0.25, -0.2) is 0 Å². The summed E-state index contributed by atoms with van der Waals surface area (Å²) in [4.78, 5) is 3.93. The first-order valence-corrected chi connectivity index (χ1v) is 7.84. The van der Waals surface area contributed by atoms with E-state index in [4.69, 9.17) is 16.3 Å². The molecule has 1 aromatic carbocycles. The van der Waals surface area contributed by atoms with Crippen molar-refractivity contribution in [2.45, 2.75) is 25.7 Å². The smallest absolute Gasteiger partial charge is 0.141 e. The predicted molar refractivity (Wildman–Crippen MR) is 88.2 cm³/mol. The van der Waals surface area contributed by atoms with E-state index in [2.05, 4.69) is 11.1 Å². The molecule has 0 radical (unpaired) electrons. The Labute approximate surface area is 135 Å². The normalized spacial score (nSPS) is 15.0. The maximum Gasteiger partial charge on any atom is 0.141 e. The summed E-state index contributed by atoms with van der Waals surface area (Å²) in [5, 5.41) is 10.2. The highest BCUT2D eigenvalue weighted by atomic mass is 35.5. The number of hydrogen-bond acceptors (Lipinski definition) is 3. The number of allylic oxidation sites excluding steroid dienone is 1. The molecule has 0 amide bonds. The van der Waals surface area contributed by atoms with Gasteiger partial charge in [-0.15, -0.1) is 0 Å². The van der Waals surface area contributed by atoms with Gasteiger partial charge in [0, 0.05) is 11.1 Å². The quantitative estimate of drug-likeness (QED) is 0.877. The minimum atomic E-state index is 0.112. The lowest BCUT2D eigenvalue weighted by atomic mass is 9.87. The van der Waals surface area contributed by atoms with Crippen LogP contribution in [0, 0.1) is 0 Å². The molecule has 3 nitrogen and oxygen atoms in total. The molecule has 4 heteroatoms. The molecular weight excluding hydrogens is 298 g/mol. The third-order valence-electron chi connectivity index (χ3n) is 3.89. The van der Waals surface area contributed by atoms with Crippen LogP contribution in [-0.2, 0) is 0 Å². The topological polar surface area (TPSA) is 42.4 Å². The molecule has 22 heavy (non-hydrogen) atoms. The zero-order valence-corrected chi connectivity index (χ0v) is 13.0. The Morgan fingerprint density at radius 2 is 1.95 bits per heavy atom. The van der Waals surface area contributed by atoms with Crippen molar-refractivity contribution in [1.29, 1.82) is 0 Å². The van der Waals surface area contributed by atoms with E-state index in [1.807, 2.05) is 18.2 Å². The van der Waals surface area contributed by atoms with Gasteiger partial charge >= 0.3 is 0 Å². The van der Waals surface area contributed by atoms with Crippen molar-refractivity contribution < 1.29 is 9.84 Å². The standard InChI is InChI=1S/C18H18ClNO2/c19-18-8-4-3-7-17(18)16-6-2-1-5-13(16)12-22-15-9-14(21)10-20-11-15/h3-4,7-11,21H,1-2,5-6,12H2. The lowest BCUT2D eigenvalue weighted by Crippen LogP contribution is -2.08. The highest BCUT2D eigenvalue weighted by molar-refractivity contribution is 6.32. The molecule has 1 aromatic heterocycles. The van der Waals surface area contributed by atoms with Gasteiger partial charge in [0.2, 0.25) is 0 Å². The van der Waals surface area contributed by atoms with Crippen LogP contribution in [0.15, 0.2) is 48.3 Å². The second-order valence-corrected chi connectivity index (χ2v) is 5.84. The molecule has 1 aliphatic rings. The van der Waals surface area contributed by atoms with Crippen molar-refractivity contribution in [3.05, 3.63) is 58.9 Å². The molecule has 3 rings (SSSR count). The van der Waals surface area contributed by atoms with Crippen molar-refractivity contribution in [2.24, 2.45) is 0 Å². The predicted octanol–water partition coefficient (Wildman–Crippen LogP) is 4.85. The largest absolute Gasteiger partial charge is 0.506 e. The van der Waals surface area contributed by atoms with Gasteiger partial charge in [0.15, 0.2) is 0 Å². The molecule has 1 N–H and O–H groups in total. The molecule has 114 valence electrons. The molecule has 0 spiro atoms. The van der Waals surface area contributed by atoms with Crippen LogP contribution in [0.25, 0.3) is 5.57 Å². The molecule has 0 saturated carbocycles. The molecule has 1 aliphatic carbocycles. The molecule has 1 heterocycles. The lowest BCUT2D eigenvalue weighted by molar-refractivity contribution is 0.340. The van der Waals surface area contributed by atoms with Crippen LogP contribution in [0.1, 0.15) is 31.2 Å². The van der Waals surface area contributed by atoms with Gasteiger partial charge in [0.25, 0.3) is 0 Å². The Bertz CT molecular complexity index is 697. The van der Waals surface area contributed by atoms with Gasteiger partial charge in [0.1, 0.15) is 18.1 Å². The molecule has 0 unspecified atom stereocenters. The second kappa shape index (κ2) is 6.84. The fourth-order valence-electron chi connectivity index (χ4n) is 2.81. The van der Waals surface area contributed by atoms with E-state index in [0.717, 1.165) is 23.4 Å². The van der Waals surface area contributed by atoms with Gasteiger partial charge in [-0.3, -0.25) is 4.98 Å². The molecule has 0 atom stereocenters. The Kier molecular flexibility index (Phi) is 4.64. The van der Waals surface area contributed by atoms with Gasteiger partial charge in [-0.1, -0.05) is 29.8 Å².